The van der Waals surface area contributed by atoms with Crippen LogP contribution in [0.25, 0.3) is 0 Å². The van der Waals surface area contributed by atoms with E-state index < -0.39 is 41.6 Å². The third kappa shape index (κ3) is 5.31. The fraction of sp³-hybridized carbons (Fsp3) is 0.455. The average Bonchev–Trinajstić information content (AvgIpc) is 3.06. The third-order valence-corrected chi connectivity index (χ3v) is 7.35. The standard InChI is InChI=1S/C22H28BF3N2O4S/c1-8-16(10-9-15(2)30-22(24,25)26)14-28-18-12-11-17(13-19(18)27(7)33(28)29)23-31-20(3,4)21(5,6)32-23/h8-13H,2,14H2,1,3-7H3/b10-9-,16-8+. The number of fused-ring (bicyclic) bond motifs is 1. The number of hydrogen-bond donors (Lipinski definition) is 0. The molecule has 0 N–H and O–H groups in total. The normalized spacial score (nSPS) is 22.3. The van der Waals surface area contributed by atoms with Crippen LogP contribution in [0.4, 0.5) is 24.5 Å². The van der Waals surface area contributed by atoms with Gasteiger partial charge in [0.1, 0.15) is 5.76 Å². The summed E-state index contributed by atoms with van der Waals surface area (Å²) in [6.45, 7) is 13.1. The predicted octanol–water partition coefficient (Wildman–Crippen LogP) is 4.37. The molecule has 2 aliphatic rings. The first kappa shape index (κ1) is 25.4. The van der Waals surface area contributed by atoms with E-state index in [1.165, 1.54) is 6.08 Å². The van der Waals surface area contributed by atoms with Crippen molar-refractivity contribution < 1.29 is 31.4 Å². The summed E-state index contributed by atoms with van der Waals surface area (Å²) in [7, 11) is 1.16. The Bertz CT molecular complexity index is 1010. The molecular formula is C22H28BF3N2O4S. The summed E-state index contributed by atoms with van der Waals surface area (Å²) in [5.41, 5.74) is 1.96. The van der Waals surface area contributed by atoms with Crippen LogP contribution in [-0.4, -0.2) is 42.5 Å². The Hall–Kier alpha value is -2.24. The lowest BCUT2D eigenvalue weighted by Gasteiger charge is -2.32. The van der Waals surface area contributed by atoms with Gasteiger partial charge >= 0.3 is 13.5 Å². The Morgan fingerprint density at radius 2 is 1.79 bits per heavy atom. The summed E-state index contributed by atoms with van der Waals surface area (Å²) in [6, 6.07) is 5.61. The zero-order valence-electron chi connectivity index (χ0n) is 19.5. The van der Waals surface area contributed by atoms with E-state index in [2.05, 4.69) is 11.3 Å². The maximum absolute atomic E-state index is 13.0. The van der Waals surface area contributed by atoms with Gasteiger partial charge in [-0.3, -0.25) is 8.61 Å². The zero-order chi connectivity index (χ0) is 24.8. The fourth-order valence-corrected chi connectivity index (χ4v) is 4.57. The molecule has 0 amide bonds. The molecule has 6 nitrogen and oxygen atoms in total. The Kier molecular flexibility index (Phi) is 6.81. The van der Waals surface area contributed by atoms with E-state index in [0.29, 0.717) is 5.57 Å². The van der Waals surface area contributed by atoms with Gasteiger partial charge < -0.3 is 14.0 Å². The summed E-state index contributed by atoms with van der Waals surface area (Å²) in [5, 5.41) is 0. The van der Waals surface area contributed by atoms with Crippen LogP contribution in [0.1, 0.15) is 34.6 Å². The number of benzene rings is 1. The first-order valence-electron chi connectivity index (χ1n) is 10.4. The highest BCUT2D eigenvalue weighted by Crippen LogP contribution is 2.40. The van der Waals surface area contributed by atoms with Crippen molar-refractivity contribution in [2.75, 3.05) is 22.2 Å². The van der Waals surface area contributed by atoms with Gasteiger partial charge in [-0.2, -0.15) is 0 Å². The van der Waals surface area contributed by atoms with E-state index in [1.54, 1.807) is 28.7 Å². The smallest absolute Gasteiger partial charge is 0.406 e. The van der Waals surface area contributed by atoms with Gasteiger partial charge in [0, 0.05) is 7.05 Å². The van der Waals surface area contributed by atoms with Crippen molar-refractivity contribution in [1.82, 2.24) is 0 Å². The molecule has 1 saturated heterocycles. The lowest BCUT2D eigenvalue weighted by Crippen LogP contribution is -2.41. The first-order chi connectivity index (χ1) is 15.1. The molecule has 2 aliphatic heterocycles. The molecule has 1 atom stereocenters. The number of hydrogen-bond acceptors (Lipinski definition) is 4. The van der Waals surface area contributed by atoms with Crippen molar-refractivity contribution in [3.8, 4) is 0 Å². The topological polar surface area (TPSA) is 51.2 Å². The van der Waals surface area contributed by atoms with Crippen molar-refractivity contribution in [3.63, 3.8) is 0 Å². The zero-order valence-corrected chi connectivity index (χ0v) is 20.3. The highest BCUT2D eigenvalue weighted by Gasteiger charge is 2.52. The minimum Gasteiger partial charge on any atom is -0.406 e. The summed E-state index contributed by atoms with van der Waals surface area (Å²) >= 11 is -1.52. The predicted molar refractivity (Wildman–Crippen MR) is 125 cm³/mol. The van der Waals surface area contributed by atoms with Crippen LogP contribution in [0.2, 0.25) is 0 Å². The van der Waals surface area contributed by atoms with E-state index in [-0.39, 0.29) is 6.54 Å². The van der Waals surface area contributed by atoms with Crippen molar-refractivity contribution in [1.29, 1.82) is 0 Å². The SMILES string of the molecule is C=C(/C=C\C(=C/C)CN1c2ccc(B3OC(C)(C)C(C)(C)O3)cc2N(C)S1=O)OC(F)(F)F. The molecule has 0 spiro atoms. The molecule has 0 bridgehead atoms. The summed E-state index contributed by atoms with van der Waals surface area (Å²) < 4.78 is 69.3. The lowest BCUT2D eigenvalue weighted by atomic mass is 9.78. The molecule has 33 heavy (non-hydrogen) atoms. The van der Waals surface area contributed by atoms with Crippen LogP contribution in [0.3, 0.4) is 0 Å². The third-order valence-electron chi connectivity index (χ3n) is 5.98. The van der Waals surface area contributed by atoms with Gasteiger partial charge in [-0.05, 0) is 63.9 Å². The van der Waals surface area contributed by atoms with Crippen LogP contribution in [0, 0.1) is 0 Å². The second-order valence-electron chi connectivity index (χ2n) is 8.81. The first-order valence-corrected chi connectivity index (χ1v) is 11.4. The van der Waals surface area contributed by atoms with E-state index >= 15 is 0 Å². The Morgan fingerprint density at radius 3 is 2.33 bits per heavy atom. The molecule has 3 rings (SSSR count). The number of halogens is 3. The van der Waals surface area contributed by atoms with E-state index in [9.17, 15) is 17.4 Å². The highest BCUT2D eigenvalue weighted by atomic mass is 32.2. The molecule has 1 fully saturated rings. The molecule has 0 aromatic heterocycles. The number of allylic oxidation sites excluding steroid dienone is 2. The van der Waals surface area contributed by atoms with Crippen molar-refractivity contribution in [2.45, 2.75) is 52.2 Å². The van der Waals surface area contributed by atoms with Crippen LogP contribution >= 0.6 is 0 Å². The molecule has 0 saturated carbocycles. The Labute approximate surface area is 195 Å². The van der Waals surface area contributed by atoms with Crippen LogP contribution in [-0.2, 0) is 25.2 Å². The number of anilines is 2. The van der Waals surface area contributed by atoms with Crippen LogP contribution in [0.15, 0.2) is 54.3 Å². The molecule has 1 aromatic rings. The largest absolute Gasteiger partial charge is 0.573 e. The van der Waals surface area contributed by atoms with Gasteiger partial charge in [0.2, 0.25) is 11.2 Å². The van der Waals surface area contributed by atoms with Crippen molar-refractivity contribution in [3.05, 3.63) is 54.3 Å². The van der Waals surface area contributed by atoms with Gasteiger partial charge in [-0.1, -0.05) is 24.8 Å². The maximum atomic E-state index is 13.0. The van der Waals surface area contributed by atoms with Gasteiger partial charge in [-0.25, -0.2) is 4.21 Å². The molecule has 1 aromatic carbocycles. The number of rotatable bonds is 6. The van der Waals surface area contributed by atoms with Gasteiger partial charge in [0.25, 0.3) is 0 Å². The molecule has 11 heteroatoms. The molecule has 0 radical (unpaired) electrons. The summed E-state index contributed by atoms with van der Waals surface area (Å²) in [6.07, 6.45) is -0.481. The van der Waals surface area contributed by atoms with Crippen LogP contribution < -0.4 is 14.1 Å². The number of alkyl halides is 3. The van der Waals surface area contributed by atoms with Crippen molar-refractivity contribution in [2.24, 2.45) is 0 Å². The second kappa shape index (κ2) is 8.85. The van der Waals surface area contributed by atoms with E-state index in [1.807, 2.05) is 45.9 Å². The molecule has 2 heterocycles. The highest BCUT2D eigenvalue weighted by molar-refractivity contribution is 7.88. The Morgan fingerprint density at radius 1 is 1.18 bits per heavy atom. The molecule has 1 unspecified atom stereocenters. The summed E-state index contributed by atoms with van der Waals surface area (Å²) in [5.74, 6) is -0.533. The average molecular weight is 484 g/mol. The maximum Gasteiger partial charge on any atom is 0.573 e. The minimum absolute atomic E-state index is 0.214. The van der Waals surface area contributed by atoms with E-state index in [0.717, 1.165) is 22.9 Å². The number of nitrogens with zero attached hydrogens (tertiary/aromatic N) is 2. The Balaban J connectivity index is 1.80. The minimum atomic E-state index is -4.80. The van der Waals surface area contributed by atoms with Crippen LogP contribution in [0.5, 0.6) is 0 Å². The lowest BCUT2D eigenvalue weighted by molar-refractivity contribution is -0.303. The number of ether oxygens (including phenoxy) is 1. The van der Waals surface area contributed by atoms with E-state index in [4.69, 9.17) is 9.31 Å². The monoisotopic (exact) mass is 484 g/mol. The van der Waals surface area contributed by atoms with Gasteiger partial charge in [0.05, 0.1) is 29.1 Å². The second-order valence-corrected chi connectivity index (χ2v) is 10.3. The quantitative estimate of drug-likeness (QED) is 0.342. The summed E-state index contributed by atoms with van der Waals surface area (Å²) in [4.78, 5) is 0. The molecule has 0 aliphatic carbocycles. The van der Waals surface area contributed by atoms with Gasteiger partial charge in [-0.15, -0.1) is 13.2 Å². The fourth-order valence-electron chi connectivity index (χ4n) is 3.37. The van der Waals surface area contributed by atoms with Gasteiger partial charge in [0.15, 0.2) is 0 Å². The molecular weight excluding hydrogens is 456 g/mol. The van der Waals surface area contributed by atoms with Crippen molar-refractivity contribution >= 4 is 35.1 Å². The molecule has 180 valence electrons.